The molecular formula is C16H9Br3ClN5O3. The van der Waals surface area contributed by atoms with Crippen molar-refractivity contribution in [1.29, 1.82) is 0 Å². The molecule has 0 atom stereocenters. The summed E-state index contributed by atoms with van der Waals surface area (Å²) >= 11 is 16.0. The molecule has 0 aliphatic carbocycles. The highest BCUT2D eigenvalue weighted by Crippen LogP contribution is 2.35. The van der Waals surface area contributed by atoms with Crippen molar-refractivity contribution in [3.63, 3.8) is 0 Å². The molecule has 0 aliphatic rings. The first-order valence-corrected chi connectivity index (χ1v) is 10.2. The van der Waals surface area contributed by atoms with E-state index in [1.807, 2.05) is 0 Å². The number of amides is 2. The van der Waals surface area contributed by atoms with Gasteiger partial charge in [-0.05, 0) is 56.1 Å². The smallest absolute Gasteiger partial charge is 0.409 e. The molecule has 2 amide bonds. The third kappa shape index (κ3) is 4.54. The zero-order valence-electron chi connectivity index (χ0n) is 13.6. The lowest BCUT2D eigenvalue weighted by Gasteiger charge is -2.14. The Balaban J connectivity index is 2.02. The van der Waals surface area contributed by atoms with Crippen molar-refractivity contribution in [2.45, 2.75) is 0 Å². The molecule has 0 saturated heterocycles. The quantitative estimate of drug-likeness (QED) is 0.367. The highest BCUT2D eigenvalue weighted by molar-refractivity contribution is 9.11. The van der Waals surface area contributed by atoms with Crippen LogP contribution in [0.1, 0.15) is 10.5 Å². The zero-order valence-corrected chi connectivity index (χ0v) is 19.1. The lowest BCUT2D eigenvalue weighted by Crippen LogP contribution is -2.19. The Kier molecular flexibility index (Phi) is 6.38. The number of halogens is 4. The Hall–Kier alpha value is -1.95. The lowest BCUT2D eigenvalue weighted by molar-refractivity contribution is 0.101. The molecule has 0 saturated carbocycles. The minimum atomic E-state index is -1.27. The van der Waals surface area contributed by atoms with Crippen molar-refractivity contribution in [3.05, 3.63) is 60.8 Å². The normalized spacial score (nSPS) is 10.6. The van der Waals surface area contributed by atoms with E-state index in [9.17, 15) is 9.59 Å². The number of nitrogens with one attached hydrogen (secondary N) is 2. The van der Waals surface area contributed by atoms with Gasteiger partial charge >= 0.3 is 6.09 Å². The van der Waals surface area contributed by atoms with Crippen LogP contribution in [0, 0.1) is 0 Å². The van der Waals surface area contributed by atoms with Crippen molar-refractivity contribution < 1.29 is 14.7 Å². The summed E-state index contributed by atoms with van der Waals surface area (Å²) in [5.74, 6) is -0.268. The number of aromatic nitrogens is 3. The van der Waals surface area contributed by atoms with Gasteiger partial charge in [0, 0.05) is 21.2 Å². The molecule has 0 aliphatic heterocycles. The summed E-state index contributed by atoms with van der Waals surface area (Å²) in [7, 11) is 0. The van der Waals surface area contributed by atoms with Crippen LogP contribution >= 0.6 is 59.4 Å². The largest absolute Gasteiger partial charge is 0.465 e. The van der Waals surface area contributed by atoms with Crippen molar-refractivity contribution >= 4 is 82.8 Å². The predicted molar refractivity (Wildman–Crippen MR) is 116 cm³/mol. The standard InChI is InChI=1S/C16H9Br3ClN5O3/c17-7-4-8(18)13(10(5-7)22-16(27)28)23-15(26)11-6-12(19)24-25(11)14-9(20)2-1-3-21-14/h1-6,22H,(H,23,26)(H,27,28). The fourth-order valence-corrected chi connectivity index (χ4v) is 4.20. The average Bonchev–Trinajstić information content (AvgIpc) is 2.99. The number of carbonyl (C=O) groups is 2. The van der Waals surface area contributed by atoms with Gasteiger partial charge in [-0.3, -0.25) is 10.1 Å². The molecule has 3 N–H and O–H groups in total. The van der Waals surface area contributed by atoms with Crippen LogP contribution in [0.2, 0.25) is 5.02 Å². The summed E-state index contributed by atoms with van der Waals surface area (Å²) in [6, 6.07) is 7.98. The van der Waals surface area contributed by atoms with Crippen molar-refractivity contribution in [3.8, 4) is 5.82 Å². The Morgan fingerprint density at radius 1 is 1.14 bits per heavy atom. The highest BCUT2D eigenvalue weighted by Gasteiger charge is 2.21. The van der Waals surface area contributed by atoms with Gasteiger partial charge in [0.2, 0.25) is 0 Å². The number of carboxylic acid groups (broad SMARTS) is 1. The number of nitrogens with zero attached hydrogens (tertiary/aromatic N) is 3. The third-order valence-electron chi connectivity index (χ3n) is 3.39. The summed E-state index contributed by atoms with van der Waals surface area (Å²) in [5, 5.41) is 18.5. The van der Waals surface area contributed by atoms with Crippen LogP contribution in [0.25, 0.3) is 5.82 Å². The van der Waals surface area contributed by atoms with Crippen LogP contribution in [0.15, 0.2) is 50.1 Å². The molecule has 28 heavy (non-hydrogen) atoms. The molecule has 2 aromatic heterocycles. The SMILES string of the molecule is O=C(O)Nc1cc(Br)cc(Br)c1NC(=O)c1cc(Br)nn1-c1ncccc1Cl. The summed E-state index contributed by atoms with van der Waals surface area (Å²) in [6.45, 7) is 0. The van der Waals surface area contributed by atoms with Crippen molar-refractivity contribution in [2.24, 2.45) is 0 Å². The second-order valence-corrected chi connectivity index (χ2v) is 8.26. The third-order valence-corrected chi connectivity index (χ3v) is 5.15. The van der Waals surface area contributed by atoms with Crippen LogP contribution in [0.3, 0.4) is 0 Å². The van der Waals surface area contributed by atoms with Gasteiger partial charge in [-0.15, -0.1) is 0 Å². The molecule has 0 unspecified atom stereocenters. The summed E-state index contributed by atoms with van der Waals surface area (Å²) < 4.78 is 2.78. The molecule has 2 heterocycles. The summed E-state index contributed by atoms with van der Waals surface area (Å²) in [5.41, 5.74) is 0.568. The van der Waals surface area contributed by atoms with E-state index < -0.39 is 12.0 Å². The minimum Gasteiger partial charge on any atom is -0.465 e. The zero-order chi connectivity index (χ0) is 20.4. The molecule has 1 aromatic carbocycles. The van der Waals surface area contributed by atoms with E-state index in [0.717, 1.165) is 0 Å². The molecule has 0 fully saturated rings. The van der Waals surface area contributed by atoms with Crippen LogP contribution in [0.5, 0.6) is 0 Å². The highest BCUT2D eigenvalue weighted by atomic mass is 79.9. The Bertz CT molecular complexity index is 1090. The summed E-state index contributed by atoms with van der Waals surface area (Å²) in [6.07, 6.45) is 0.257. The number of rotatable bonds is 4. The number of hydrogen-bond acceptors (Lipinski definition) is 4. The molecule has 3 aromatic rings. The Morgan fingerprint density at radius 2 is 1.89 bits per heavy atom. The van der Waals surface area contributed by atoms with Gasteiger partial charge < -0.3 is 10.4 Å². The Labute approximate surface area is 188 Å². The van der Waals surface area contributed by atoms with E-state index in [-0.39, 0.29) is 22.9 Å². The average molecular weight is 594 g/mol. The molecule has 0 spiro atoms. The van der Waals surface area contributed by atoms with Crippen LogP contribution < -0.4 is 10.6 Å². The maximum atomic E-state index is 12.9. The van der Waals surface area contributed by atoms with Crippen LogP contribution in [0.4, 0.5) is 16.2 Å². The molecule has 0 bridgehead atoms. The fraction of sp³-hybridized carbons (Fsp3) is 0. The van der Waals surface area contributed by atoms with Crippen LogP contribution in [-0.2, 0) is 0 Å². The van der Waals surface area contributed by atoms with Crippen molar-refractivity contribution in [2.75, 3.05) is 10.6 Å². The van der Waals surface area contributed by atoms with Gasteiger partial charge in [0.15, 0.2) is 5.82 Å². The Morgan fingerprint density at radius 3 is 2.57 bits per heavy atom. The van der Waals surface area contributed by atoms with Gasteiger partial charge in [0.25, 0.3) is 5.91 Å². The molecular weight excluding hydrogens is 585 g/mol. The molecule has 0 radical (unpaired) electrons. The van der Waals surface area contributed by atoms with E-state index in [2.05, 4.69) is 68.5 Å². The fourth-order valence-electron chi connectivity index (χ4n) is 2.30. The van der Waals surface area contributed by atoms with Gasteiger partial charge in [-0.1, -0.05) is 27.5 Å². The maximum Gasteiger partial charge on any atom is 0.409 e. The number of pyridine rings is 1. The first-order chi connectivity index (χ1) is 13.3. The van der Waals surface area contributed by atoms with Gasteiger partial charge in [-0.25, -0.2) is 14.5 Å². The second-order valence-electron chi connectivity index (χ2n) is 5.27. The first kappa shape index (κ1) is 20.8. The topological polar surface area (TPSA) is 109 Å². The number of benzene rings is 1. The van der Waals surface area contributed by atoms with Crippen LogP contribution in [-0.4, -0.2) is 31.9 Å². The van der Waals surface area contributed by atoms with E-state index in [1.165, 1.54) is 23.0 Å². The first-order valence-electron chi connectivity index (χ1n) is 7.43. The molecule has 144 valence electrons. The lowest BCUT2D eigenvalue weighted by atomic mass is 10.2. The second kappa shape index (κ2) is 8.60. The van der Waals surface area contributed by atoms with Crippen molar-refractivity contribution in [1.82, 2.24) is 14.8 Å². The molecule has 3 rings (SSSR count). The van der Waals surface area contributed by atoms with E-state index in [1.54, 1.807) is 18.2 Å². The van der Waals surface area contributed by atoms with E-state index in [4.69, 9.17) is 16.7 Å². The summed E-state index contributed by atoms with van der Waals surface area (Å²) in [4.78, 5) is 28.2. The van der Waals surface area contributed by atoms with Gasteiger partial charge in [0.05, 0.1) is 16.4 Å². The van der Waals surface area contributed by atoms with E-state index in [0.29, 0.717) is 18.6 Å². The maximum absolute atomic E-state index is 12.9. The minimum absolute atomic E-state index is 0.142. The predicted octanol–water partition coefficient (Wildman–Crippen LogP) is 5.55. The number of hydrogen-bond donors (Lipinski definition) is 3. The molecule has 8 nitrogen and oxygen atoms in total. The molecule has 12 heteroatoms. The monoisotopic (exact) mass is 591 g/mol. The van der Waals surface area contributed by atoms with E-state index >= 15 is 0 Å². The number of carbonyl (C=O) groups excluding carboxylic acids is 1. The van der Waals surface area contributed by atoms with Gasteiger partial charge in [-0.2, -0.15) is 5.10 Å². The number of anilines is 2. The van der Waals surface area contributed by atoms with Gasteiger partial charge in [0.1, 0.15) is 10.3 Å².